The standard InChI is InChI=1S/C24H35N3O3/c28-17-20(29)16-26-21-6-1-2-7-22(21)27(23(26)30)19-8-13-25(14-9-19)15-18-5-3-4-10-24(18)11-12-24/h1-2,6-7,18-20,28-29H,3-5,8-17H2. The number of imidazole rings is 1. The molecule has 2 N–H and O–H groups in total. The number of hydrogen-bond acceptors (Lipinski definition) is 4. The van der Waals surface area contributed by atoms with Gasteiger partial charge in [-0.15, -0.1) is 0 Å². The number of likely N-dealkylation sites (tertiary alicyclic amines) is 1. The Morgan fingerprint density at radius 1 is 1.03 bits per heavy atom. The molecule has 5 rings (SSSR count). The summed E-state index contributed by atoms with van der Waals surface area (Å²) in [7, 11) is 0. The van der Waals surface area contributed by atoms with Crippen molar-refractivity contribution < 1.29 is 10.2 Å². The molecule has 1 spiro atoms. The van der Waals surface area contributed by atoms with Crippen molar-refractivity contribution in [2.45, 2.75) is 70.1 Å². The molecule has 30 heavy (non-hydrogen) atoms. The van der Waals surface area contributed by atoms with E-state index in [4.69, 9.17) is 0 Å². The lowest BCUT2D eigenvalue weighted by Gasteiger charge is -2.39. The van der Waals surface area contributed by atoms with Crippen molar-refractivity contribution in [3.63, 3.8) is 0 Å². The third kappa shape index (κ3) is 3.63. The van der Waals surface area contributed by atoms with Crippen LogP contribution in [0.15, 0.2) is 29.1 Å². The Balaban J connectivity index is 1.31. The van der Waals surface area contributed by atoms with Crippen LogP contribution >= 0.6 is 0 Å². The number of benzene rings is 1. The van der Waals surface area contributed by atoms with Crippen LogP contribution in [0.25, 0.3) is 11.0 Å². The van der Waals surface area contributed by atoms with Gasteiger partial charge >= 0.3 is 5.69 Å². The molecule has 2 atom stereocenters. The minimum Gasteiger partial charge on any atom is -0.394 e. The van der Waals surface area contributed by atoms with Gasteiger partial charge in [0.1, 0.15) is 0 Å². The van der Waals surface area contributed by atoms with Crippen molar-refractivity contribution in [3.05, 3.63) is 34.7 Å². The summed E-state index contributed by atoms with van der Waals surface area (Å²) >= 11 is 0. The topological polar surface area (TPSA) is 70.6 Å². The van der Waals surface area contributed by atoms with E-state index in [9.17, 15) is 15.0 Å². The van der Waals surface area contributed by atoms with Crippen molar-refractivity contribution in [2.75, 3.05) is 26.2 Å². The van der Waals surface area contributed by atoms with Gasteiger partial charge < -0.3 is 15.1 Å². The minimum atomic E-state index is -0.922. The summed E-state index contributed by atoms with van der Waals surface area (Å²) in [5.41, 5.74) is 2.41. The number of aliphatic hydroxyl groups is 2. The molecular weight excluding hydrogens is 378 g/mol. The number of fused-ring (bicyclic) bond motifs is 1. The molecule has 1 saturated heterocycles. The van der Waals surface area contributed by atoms with Crippen LogP contribution < -0.4 is 5.69 Å². The Morgan fingerprint density at radius 3 is 2.47 bits per heavy atom. The van der Waals surface area contributed by atoms with Crippen molar-refractivity contribution in [1.29, 1.82) is 0 Å². The van der Waals surface area contributed by atoms with Crippen LogP contribution in [-0.2, 0) is 6.54 Å². The predicted octanol–water partition coefficient (Wildman–Crippen LogP) is 2.76. The van der Waals surface area contributed by atoms with Crippen molar-refractivity contribution >= 4 is 11.0 Å². The van der Waals surface area contributed by atoms with Gasteiger partial charge in [0.05, 0.1) is 30.3 Å². The van der Waals surface area contributed by atoms with E-state index in [-0.39, 0.29) is 24.9 Å². The first-order chi connectivity index (χ1) is 14.6. The fourth-order valence-electron chi connectivity index (χ4n) is 6.18. The molecule has 3 aliphatic rings. The lowest BCUT2D eigenvalue weighted by atomic mass is 9.76. The molecule has 6 nitrogen and oxygen atoms in total. The second-order valence-electron chi connectivity index (χ2n) is 9.93. The third-order valence-electron chi connectivity index (χ3n) is 8.11. The maximum atomic E-state index is 13.3. The van der Waals surface area contributed by atoms with Gasteiger partial charge in [-0.3, -0.25) is 9.13 Å². The lowest BCUT2D eigenvalue weighted by molar-refractivity contribution is 0.0807. The van der Waals surface area contributed by atoms with E-state index in [0.29, 0.717) is 5.41 Å². The molecule has 2 aromatic rings. The van der Waals surface area contributed by atoms with E-state index < -0.39 is 6.10 Å². The molecule has 3 fully saturated rings. The number of nitrogens with zero attached hydrogens (tertiary/aromatic N) is 3. The number of aromatic nitrogens is 2. The second-order valence-corrected chi connectivity index (χ2v) is 9.93. The molecular formula is C24H35N3O3. The van der Waals surface area contributed by atoms with Gasteiger partial charge in [-0.05, 0) is 62.0 Å². The van der Waals surface area contributed by atoms with Gasteiger partial charge in [-0.25, -0.2) is 4.79 Å². The Hall–Kier alpha value is -1.63. The summed E-state index contributed by atoms with van der Waals surface area (Å²) in [4.78, 5) is 15.9. The largest absolute Gasteiger partial charge is 0.394 e. The fraction of sp³-hybridized carbons (Fsp3) is 0.708. The lowest BCUT2D eigenvalue weighted by Crippen LogP contribution is -2.42. The molecule has 2 heterocycles. The van der Waals surface area contributed by atoms with Crippen LogP contribution in [-0.4, -0.2) is 56.6 Å². The van der Waals surface area contributed by atoms with Crippen molar-refractivity contribution in [2.24, 2.45) is 11.3 Å². The molecule has 1 aromatic heterocycles. The summed E-state index contributed by atoms with van der Waals surface area (Å²) in [5.74, 6) is 0.882. The van der Waals surface area contributed by atoms with Gasteiger partial charge in [-0.1, -0.05) is 25.0 Å². The molecule has 0 amide bonds. The maximum Gasteiger partial charge on any atom is 0.329 e. The highest BCUT2D eigenvalue weighted by atomic mass is 16.3. The van der Waals surface area contributed by atoms with Gasteiger partial charge in [0.2, 0.25) is 0 Å². The Bertz CT molecular complexity index is 937. The SMILES string of the molecule is O=c1n(CC(O)CO)c2ccccc2n1C1CCN(CC2CCCCC23CC3)CC1. The molecule has 2 aliphatic carbocycles. The molecule has 2 saturated carbocycles. The summed E-state index contributed by atoms with van der Waals surface area (Å²) in [6.45, 7) is 3.15. The quantitative estimate of drug-likeness (QED) is 0.764. The number of para-hydroxylation sites is 2. The number of piperidine rings is 1. The molecule has 2 unspecified atom stereocenters. The van der Waals surface area contributed by atoms with Crippen LogP contribution in [0.1, 0.15) is 57.4 Å². The summed E-state index contributed by atoms with van der Waals surface area (Å²) in [5, 5.41) is 19.2. The summed E-state index contributed by atoms with van der Waals surface area (Å²) < 4.78 is 3.57. The molecule has 1 aromatic carbocycles. The average molecular weight is 414 g/mol. The van der Waals surface area contributed by atoms with Crippen LogP contribution in [0, 0.1) is 11.3 Å². The Morgan fingerprint density at radius 2 is 1.77 bits per heavy atom. The Kier molecular flexibility index (Phi) is 5.50. The molecule has 0 radical (unpaired) electrons. The highest BCUT2D eigenvalue weighted by Gasteiger charge is 2.50. The first kappa shape index (κ1) is 20.3. The molecule has 164 valence electrons. The Labute approximate surface area is 178 Å². The summed E-state index contributed by atoms with van der Waals surface area (Å²) in [6.07, 6.45) is 9.64. The van der Waals surface area contributed by atoms with E-state index >= 15 is 0 Å². The normalized spacial score (nSPS) is 25.7. The van der Waals surface area contributed by atoms with Crippen LogP contribution in [0.3, 0.4) is 0 Å². The van der Waals surface area contributed by atoms with E-state index in [1.165, 1.54) is 45.1 Å². The zero-order valence-electron chi connectivity index (χ0n) is 17.9. The highest BCUT2D eigenvalue weighted by molar-refractivity contribution is 5.76. The number of rotatable bonds is 6. The summed E-state index contributed by atoms with van der Waals surface area (Å²) in [6, 6.07) is 8.04. The first-order valence-corrected chi connectivity index (χ1v) is 11.8. The number of aliphatic hydroxyl groups excluding tert-OH is 2. The number of hydrogen-bond donors (Lipinski definition) is 2. The first-order valence-electron chi connectivity index (χ1n) is 11.8. The average Bonchev–Trinajstić information content (AvgIpc) is 3.49. The molecule has 0 bridgehead atoms. The second kappa shape index (κ2) is 8.13. The van der Waals surface area contributed by atoms with Crippen molar-refractivity contribution in [1.82, 2.24) is 14.0 Å². The zero-order chi connectivity index (χ0) is 20.7. The maximum absolute atomic E-state index is 13.3. The van der Waals surface area contributed by atoms with Crippen LogP contribution in [0.5, 0.6) is 0 Å². The minimum absolute atomic E-state index is 0.0636. The third-order valence-corrected chi connectivity index (χ3v) is 8.11. The molecule has 6 heteroatoms. The van der Waals surface area contributed by atoms with Crippen molar-refractivity contribution in [3.8, 4) is 0 Å². The van der Waals surface area contributed by atoms with Gasteiger partial charge in [-0.2, -0.15) is 0 Å². The van der Waals surface area contributed by atoms with Gasteiger partial charge in [0, 0.05) is 25.7 Å². The predicted molar refractivity (Wildman–Crippen MR) is 118 cm³/mol. The monoisotopic (exact) mass is 413 g/mol. The molecule has 1 aliphatic heterocycles. The van der Waals surface area contributed by atoms with E-state index in [1.54, 1.807) is 4.57 Å². The fourth-order valence-corrected chi connectivity index (χ4v) is 6.18. The van der Waals surface area contributed by atoms with E-state index in [1.807, 2.05) is 28.8 Å². The zero-order valence-corrected chi connectivity index (χ0v) is 17.9. The highest BCUT2D eigenvalue weighted by Crippen LogP contribution is 2.59. The van der Waals surface area contributed by atoms with Gasteiger partial charge in [0.25, 0.3) is 0 Å². The van der Waals surface area contributed by atoms with Crippen LogP contribution in [0.2, 0.25) is 0 Å². The van der Waals surface area contributed by atoms with E-state index in [0.717, 1.165) is 42.9 Å². The van der Waals surface area contributed by atoms with Crippen LogP contribution in [0.4, 0.5) is 0 Å². The van der Waals surface area contributed by atoms with Gasteiger partial charge in [0.15, 0.2) is 0 Å². The smallest absolute Gasteiger partial charge is 0.329 e. The van der Waals surface area contributed by atoms with E-state index in [2.05, 4.69) is 4.90 Å².